The van der Waals surface area contributed by atoms with E-state index in [9.17, 15) is 17.6 Å². The molecule has 9 heteroatoms. The van der Waals surface area contributed by atoms with Gasteiger partial charge in [0.05, 0.1) is 18.4 Å². The fourth-order valence-electron chi connectivity index (χ4n) is 5.25. The summed E-state index contributed by atoms with van der Waals surface area (Å²) in [5.41, 5.74) is 0.877. The Morgan fingerprint density at radius 3 is 2.32 bits per heavy atom. The van der Waals surface area contributed by atoms with Crippen molar-refractivity contribution in [3.63, 3.8) is 0 Å². The fraction of sp³-hybridized carbons (Fsp3) is 0.720. The van der Waals surface area contributed by atoms with E-state index < -0.39 is 21.7 Å². The molecule has 190 valence electrons. The zero-order valence-electron chi connectivity index (χ0n) is 20.8. The van der Waals surface area contributed by atoms with Crippen molar-refractivity contribution >= 4 is 15.9 Å². The number of hydrogen-bond donors (Lipinski definition) is 1. The van der Waals surface area contributed by atoms with Crippen molar-refractivity contribution in [3.05, 3.63) is 29.1 Å². The molecular formula is C25H38FN3O4S. The Morgan fingerprint density at radius 1 is 1.06 bits per heavy atom. The van der Waals surface area contributed by atoms with Crippen LogP contribution in [-0.4, -0.2) is 62.9 Å². The Kier molecular flexibility index (Phi) is 7.27. The summed E-state index contributed by atoms with van der Waals surface area (Å²) in [4.78, 5) is 12.3. The second-order valence-electron chi connectivity index (χ2n) is 11.2. The van der Waals surface area contributed by atoms with Gasteiger partial charge < -0.3 is 4.74 Å². The number of hydrazine groups is 1. The smallest absolute Gasteiger partial charge is 0.267 e. The molecule has 0 unspecified atom stereocenters. The molecule has 3 fully saturated rings. The van der Waals surface area contributed by atoms with Gasteiger partial charge in [0, 0.05) is 25.7 Å². The molecule has 2 heterocycles. The summed E-state index contributed by atoms with van der Waals surface area (Å²) >= 11 is 0. The number of carbonyl (C=O) groups excluding carboxylic acids is 1. The lowest BCUT2D eigenvalue weighted by Crippen LogP contribution is -2.53. The van der Waals surface area contributed by atoms with Gasteiger partial charge in [-0.15, -0.1) is 0 Å². The summed E-state index contributed by atoms with van der Waals surface area (Å²) in [6.45, 7) is 10.9. The molecule has 2 saturated heterocycles. The van der Waals surface area contributed by atoms with Crippen molar-refractivity contribution in [2.75, 3.05) is 32.4 Å². The second-order valence-corrected chi connectivity index (χ2v) is 13.0. The van der Waals surface area contributed by atoms with Crippen molar-refractivity contribution < 1.29 is 22.3 Å². The van der Waals surface area contributed by atoms with Crippen molar-refractivity contribution in [3.8, 4) is 5.75 Å². The molecule has 1 N–H and O–H groups in total. The maximum atomic E-state index is 14.8. The lowest BCUT2D eigenvalue weighted by atomic mass is 9.75. The van der Waals surface area contributed by atoms with E-state index in [-0.39, 0.29) is 17.6 Å². The van der Waals surface area contributed by atoms with E-state index in [1.165, 1.54) is 25.0 Å². The number of nitrogens with one attached hydrogen (secondary N) is 1. The zero-order chi connectivity index (χ0) is 24.7. The van der Waals surface area contributed by atoms with Crippen LogP contribution in [0.15, 0.2) is 12.1 Å². The van der Waals surface area contributed by atoms with Gasteiger partial charge in [-0.1, -0.05) is 20.8 Å². The summed E-state index contributed by atoms with van der Waals surface area (Å²) in [5, 5.41) is 4.85. The largest absolute Gasteiger partial charge is 0.489 e. The van der Waals surface area contributed by atoms with Crippen LogP contribution in [0.1, 0.15) is 81.1 Å². The standard InChI is InChI=1S/C25H38FN3O4S/c1-25(2,3)18-9-12-28(13-10-18)29-11-5-6-19(16-29)33-23-15-22(26)21(14-20(23)17-7-8-17)24(30)27-34(4,31)32/h14-15,17-19H,5-13,16H2,1-4H3,(H,27,30)/t19-/m1/s1. The van der Waals surface area contributed by atoms with Gasteiger partial charge >= 0.3 is 0 Å². The van der Waals surface area contributed by atoms with E-state index >= 15 is 0 Å². The number of nitrogens with zero attached hydrogens (tertiary/aromatic N) is 2. The molecule has 1 aromatic carbocycles. The van der Waals surface area contributed by atoms with Crippen LogP contribution in [0.2, 0.25) is 0 Å². The molecule has 0 radical (unpaired) electrons. The van der Waals surface area contributed by atoms with E-state index in [4.69, 9.17) is 4.74 Å². The molecule has 1 amide bonds. The summed E-state index contributed by atoms with van der Waals surface area (Å²) in [6.07, 6.45) is 7.03. The van der Waals surface area contributed by atoms with Crippen LogP contribution in [0.4, 0.5) is 4.39 Å². The molecule has 0 spiro atoms. The number of carbonyl (C=O) groups is 1. The Labute approximate surface area is 203 Å². The SMILES string of the molecule is CC(C)(C)C1CCN(N2CCC[C@@H](Oc3cc(F)c(C(=O)NS(C)(=O)=O)cc3C3CC3)C2)CC1. The molecule has 1 aliphatic carbocycles. The molecule has 4 rings (SSSR count). The van der Waals surface area contributed by atoms with Crippen LogP contribution in [0.5, 0.6) is 5.75 Å². The minimum atomic E-state index is -3.77. The van der Waals surface area contributed by atoms with E-state index in [1.807, 2.05) is 4.72 Å². The number of sulfonamides is 1. The molecule has 1 aromatic rings. The van der Waals surface area contributed by atoms with Crippen LogP contribution in [0.25, 0.3) is 0 Å². The monoisotopic (exact) mass is 495 g/mol. The normalized spacial score (nSPS) is 23.6. The summed E-state index contributed by atoms with van der Waals surface area (Å²) in [5.74, 6) is -0.276. The molecule has 2 aliphatic heterocycles. The molecular weight excluding hydrogens is 457 g/mol. The van der Waals surface area contributed by atoms with Gasteiger partial charge in [0.1, 0.15) is 17.7 Å². The predicted molar refractivity (Wildman–Crippen MR) is 130 cm³/mol. The van der Waals surface area contributed by atoms with Crippen molar-refractivity contribution in [1.82, 2.24) is 14.7 Å². The molecule has 7 nitrogen and oxygen atoms in total. The van der Waals surface area contributed by atoms with Gasteiger partial charge in [0.15, 0.2) is 0 Å². The molecule has 1 saturated carbocycles. The number of halogens is 1. The van der Waals surface area contributed by atoms with Crippen LogP contribution < -0.4 is 9.46 Å². The highest BCUT2D eigenvalue weighted by Gasteiger charge is 2.34. The summed E-state index contributed by atoms with van der Waals surface area (Å²) < 4.78 is 45.9. The highest BCUT2D eigenvalue weighted by atomic mass is 32.2. The Hall–Kier alpha value is -1.71. The minimum Gasteiger partial charge on any atom is -0.489 e. The third-order valence-electron chi connectivity index (χ3n) is 7.39. The van der Waals surface area contributed by atoms with Gasteiger partial charge in [-0.05, 0) is 67.4 Å². The number of benzene rings is 1. The lowest BCUT2D eigenvalue weighted by molar-refractivity contribution is -0.0935. The van der Waals surface area contributed by atoms with Crippen molar-refractivity contribution in [2.24, 2.45) is 11.3 Å². The predicted octanol–water partition coefficient (Wildman–Crippen LogP) is 3.91. The first-order valence-electron chi connectivity index (χ1n) is 12.4. The number of amides is 1. The van der Waals surface area contributed by atoms with Crippen LogP contribution in [-0.2, 0) is 10.0 Å². The highest BCUT2D eigenvalue weighted by Crippen LogP contribution is 2.45. The first-order chi connectivity index (χ1) is 15.9. The molecule has 3 aliphatic rings. The van der Waals surface area contributed by atoms with Gasteiger partial charge in [-0.3, -0.25) is 4.79 Å². The number of rotatable bonds is 6. The minimum absolute atomic E-state index is 0.0540. The molecule has 0 bridgehead atoms. The average Bonchev–Trinajstić information content (AvgIpc) is 3.57. The zero-order valence-corrected chi connectivity index (χ0v) is 21.6. The van der Waals surface area contributed by atoms with Gasteiger partial charge in [0.2, 0.25) is 10.0 Å². The quantitative estimate of drug-likeness (QED) is 0.645. The molecule has 0 aromatic heterocycles. The second kappa shape index (κ2) is 9.74. The summed E-state index contributed by atoms with van der Waals surface area (Å²) in [6, 6.07) is 2.74. The highest BCUT2D eigenvalue weighted by molar-refractivity contribution is 7.89. The van der Waals surface area contributed by atoms with Gasteiger partial charge in [-0.2, -0.15) is 0 Å². The summed E-state index contributed by atoms with van der Waals surface area (Å²) in [7, 11) is -3.77. The van der Waals surface area contributed by atoms with E-state index in [1.54, 1.807) is 0 Å². The van der Waals surface area contributed by atoms with Crippen molar-refractivity contribution in [1.29, 1.82) is 0 Å². The van der Waals surface area contributed by atoms with Gasteiger partial charge in [0.25, 0.3) is 5.91 Å². The van der Waals surface area contributed by atoms with Crippen LogP contribution in [0.3, 0.4) is 0 Å². The maximum Gasteiger partial charge on any atom is 0.267 e. The fourth-order valence-corrected chi connectivity index (χ4v) is 5.70. The van der Waals surface area contributed by atoms with Crippen LogP contribution >= 0.6 is 0 Å². The number of piperidine rings is 2. The average molecular weight is 496 g/mol. The van der Waals surface area contributed by atoms with E-state index in [0.717, 1.165) is 69.6 Å². The third-order valence-corrected chi connectivity index (χ3v) is 7.94. The molecule has 1 atom stereocenters. The first-order valence-corrected chi connectivity index (χ1v) is 14.3. The Bertz CT molecular complexity index is 1010. The Balaban J connectivity index is 1.44. The van der Waals surface area contributed by atoms with E-state index in [2.05, 4.69) is 30.8 Å². The third kappa shape index (κ3) is 6.29. The number of hydrogen-bond acceptors (Lipinski definition) is 6. The first kappa shape index (κ1) is 25.4. The van der Waals surface area contributed by atoms with Crippen molar-refractivity contribution in [2.45, 2.75) is 71.3 Å². The maximum absolute atomic E-state index is 14.8. The topological polar surface area (TPSA) is 79.0 Å². The Morgan fingerprint density at radius 2 is 1.74 bits per heavy atom. The number of ether oxygens (including phenoxy) is 1. The lowest BCUT2D eigenvalue weighted by Gasteiger charge is -2.45. The molecule has 34 heavy (non-hydrogen) atoms. The van der Waals surface area contributed by atoms with Crippen LogP contribution in [0, 0.1) is 17.2 Å². The van der Waals surface area contributed by atoms with E-state index in [0.29, 0.717) is 11.2 Å². The van der Waals surface area contributed by atoms with Gasteiger partial charge in [-0.25, -0.2) is 27.5 Å².